The maximum Gasteiger partial charge on any atom is 0.289 e. The van der Waals surface area contributed by atoms with E-state index in [-0.39, 0.29) is 11.7 Å². The molecule has 1 saturated heterocycles. The van der Waals surface area contributed by atoms with Crippen LogP contribution in [0.25, 0.3) is 0 Å². The van der Waals surface area contributed by atoms with Gasteiger partial charge in [0.25, 0.3) is 5.91 Å². The minimum Gasteiger partial charge on any atom is -0.494 e. The molecule has 2 heterocycles. The zero-order valence-corrected chi connectivity index (χ0v) is 14.2. The Balaban J connectivity index is 1.29. The second-order valence-electron chi connectivity index (χ2n) is 6.12. The van der Waals surface area contributed by atoms with E-state index in [1.807, 2.05) is 4.90 Å². The van der Waals surface area contributed by atoms with Crippen molar-refractivity contribution in [1.82, 2.24) is 9.80 Å². The van der Waals surface area contributed by atoms with Gasteiger partial charge in [-0.05, 0) is 55.8 Å². The van der Waals surface area contributed by atoms with Crippen molar-refractivity contribution in [2.75, 3.05) is 39.3 Å². The molecular formula is C19H23FN2O3. The average molecular weight is 346 g/mol. The van der Waals surface area contributed by atoms with Gasteiger partial charge >= 0.3 is 0 Å². The van der Waals surface area contributed by atoms with E-state index in [2.05, 4.69) is 4.90 Å². The largest absolute Gasteiger partial charge is 0.494 e. The number of furan rings is 1. The molecule has 0 unspecified atom stereocenters. The molecule has 3 rings (SSSR count). The zero-order valence-electron chi connectivity index (χ0n) is 14.2. The molecule has 1 aliphatic heterocycles. The smallest absolute Gasteiger partial charge is 0.289 e. The molecule has 0 radical (unpaired) electrons. The van der Waals surface area contributed by atoms with Crippen molar-refractivity contribution in [3.8, 4) is 5.75 Å². The van der Waals surface area contributed by atoms with E-state index in [1.165, 1.54) is 18.4 Å². The molecule has 0 spiro atoms. The third kappa shape index (κ3) is 5.06. The van der Waals surface area contributed by atoms with Gasteiger partial charge in [0.15, 0.2) is 5.76 Å². The first-order valence-corrected chi connectivity index (χ1v) is 8.66. The molecule has 134 valence electrons. The third-order valence-corrected chi connectivity index (χ3v) is 4.34. The minimum absolute atomic E-state index is 0.0302. The molecule has 0 aliphatic carbocycles. The fourth-order valence-corrected chi connectivity index (χ4v) is 2.89. The predicted molar refractivity (Wildman–Crippen MR) is 92.2 cm³/mol. The van der Waals surface area contributed by atoms with Crippen molar-refractivity contribution in [1.29, 1.82) is 0 Å². The molecule has 1 aromatic heterocycles. The van der Waals surface area contributed by atoms with Crippen molar-refractivity contribution >= 4 is 5.91 Å². The molecular weight excluding hydrogens is 323 g/mol. The number of rotatable bonds is 7. The lowest BCUT2D eigenvalue weighted by Crippen LogP contribution is -2.48. The molecule has 5 nitrogen and oxygen atoms in total. The number of hydrogen-bond donors (Lipinski definition) is 0. The number of carbonyl (C=O) groups is 1. The van der Waals surface area contributed by atoms with Gasteiger partial charge in [-0.25, -0.2) is 4.39 Å². The maximum atomic E-state index is 12.8. The van der Waals surface area contributed by atoms with Crippen molar-refractivity contribution < 1.29 is 18.3 Å². The van der Waals surface area contributed by atoms with E-state index in [0.29, 0.717) is 18.1 Å². The quantitative estimate of drug-likeness (QED) is 0.723. The minimum atomic E-state index is -0.253. The lowest BCUT2D eigenvalue weighted by molar-refractivity contribution is 0.0603. The first kappa shape index (κ1) is 17.5. The van der Waals surface area contributed by atoms with Crippen LogP contribution in [0.4, 0.5) is 4.39 Å². The van der Waals surface area contributed by atoms with E-state index in [9.17, 15) is 9.18 Å². The Morgan fingerprint density at radius 2 is 1.84 bits per heavy atom. The summed E-state index contributed by atoms with van der Waals surface area (Å²) in [6.45, 7) is 4.84. The lowest BCUT2D eigenvalue weighted by atomic mass is 10.2. The third-order valence-electron chi connectivity index (χ3n) is 4.34. The highest BCUT2D eigenvalue weighted by molar-refractivity contribution is 5.91. The number of benzene rings is 1. The monoisotopic (exact) mass is 346 g/mol. The SMILES string of the molecule is O=C(c1ccco1)N1CCN(CCCCOc2ccc(F)cc2)CC1. The van der Waals surface area contributed by atoms with Crippen LogP contribution in [0.15, 0.2) is 47.1 Å². The molecule has 0 atom stereocenters. The highest BCUT2D eigenvalue weighted by Crippen LogP contribution is 2.12. The Bertz CT molecular complexity index is 650. The van der Waals surface area contributed by atoms with E-state index >= 15 is 0 Å². The van der Waals surface area contributed by atoms with Crippen molar-refractivity contribution in [2.45, 2.75) is 12.8 Å². The Labute approximate surface area is 147 Å². The van der Waals surface area contributed by atoms with Crippen molar-refractivity contribution in [3.63, 3.8) is 0 Å². The van der Waals surface area contributed by atoms with Gasteiger partial charge in [0.2, 0.25) is 0 Å². The van der Waals surface area contributed by atoms with Crippen LogP contribution in [0.2, 0.25) is 0 Å². The molecule has 0 saturated carbocycles. The Morgan fingerprint density at radius 3 is 2.52 bits per heavy atom. The van der Waals surface area contributed by atoms with Gasteiger partial charge < -0.3 is 14.1 Å². The van der Waals surface area contributed by atoms with Crippen molar-refractivity contribution in [3.05, 3.63) is 54.2 Å². The molecule has 1 aromatic carbocycles. The van der Waals surface area contributed by atoms with Crippen LogP contribution in [0.5, 0.6) is 5.75 Å². The summed E-state index contributed by atoms with van der Waals surface area (Å²) in [6, 6.07) is 9.53. The molecule has 1 amide bonds. The molecule has 1 aliphatic rings. The number of halogens is 1. The summed E-state index contributed by atoms with van der Waals surface area (Å²) in [5, 5.41) is 0. The van der Waals surface area contributed by atoms with Crippen LogP contribution in [0.3, 0.4) is 0 Å². The standard InChI is InChI=1S/C19H23FN2O3/c20-16-5-7-17(8-6-16)24-14-2-1-9-21-10-12-22(13-11-21)19(23)18-4-3-15-25-18/h3-8,15H,1-2,9-14H2. The highest BCUT2D eigenvalue weighted by Gasteiger charge is 2.23. The summed E-state index contributed by atoms with van der Waals surface area (Å²) in [5.41, 5.74) is 0. The van der Waals surface area contributed by atoms with Gasteiger partial charge in [-0.3, -0.25) is 9.69 Å². The summed E-state index contributed by atoms with van der Waals surface area (Å²) in [5.74, 6) is 0.826. The number of hydrogen-bond acceptors (Lipinski definition) is 4. The van der Waals surface area contributed by atoms with Crippen LogP contribution in [0, 0.1) is 5.82 Å². The van der Waals surface area contributed by atoms with Gasteiger partial charge in [0.05, 0.1) is 12.9 Å². The Morgan fingerprint density at radius 1 is 1.08 bits per heavy atom. The summed E-state index contributed by atoms with van der Waals surface area (Å²) in [4.78, 5) is 16.4. The van der Waals surface area contributed by atoms with Crippen LogP contribution in [-0.4, -0.2) is 55.0 Å². The molecule has 0 bridgehead atoms. The van der Waals surface area contributed by atoms with Crippen LogP contribution in [0.1, 0.15) is 23.4 Å². The van der Waals surface area contributed by atoms with Crippen LogP contribution >= 0.6 is 0 Å². The summed E-state index contributed by atoms with van der Waals surface area (Å²) < 4.78 is 23.6. The maximum absolute atomic E-state index is 12.8. The van der Waals surface area contributed by atoms with E-state index in [1.54, 1.807) is 24.3 Å². The van der Waals surface area contributed by atoms with Gasteiger partial charge in [0.1, 0.15) is 11.6 Å². The second-order valence-corrected chi connectivity index (χ2v) is 6.12. The first-order valence-electron chi connectivity index (χ1n) is 8.66. The number of amides is 1. The number of carbonyl (C=O) groups excluding carboxylic acids is 1. The molecule has 2 aromatic rings. The fraction of sp³-hybridized carbons (Fsp3) is 0.421. The van der Waals surface area contributed by atoms with E-state index in [4.69, 9.17) is 9.15 Å². The molecule has 6 heteroatoms. The molecule has 1 fully saturated rings. The number of unbranched alkanes of at least 4 members (excludes halogenated alkanes) is 1. The van der Waals surface area contributed by atoms with Crippen LogP contribution < -0.4 is 4.74 Å². The average Bonchev–Trinajstić information content (AvgIpc) is 3.18. The number of ether oxygens (including phenoxy) is 1. The second kappa shape index (κ2) is 8.67. The van der Waals surface area contributed by atoms with E-state index in [0.717, 1.165) is 45.6 Å². The molecule has 0 N–H and O–H groups in total. The van der Waals surface area contributed by atoms with Gasteiger partial charge in [-0.15, -0.1) is 0 Å². The lowest BCUT2D eigenvalue weighted by Gasteiger charge is -2.34. The molecule has 25 heavy (non-hydrogen) atoms. The first-order chi connectivity index (χ1) is 12.2. The fourth-order valence-electron chi connectivity index (χ4n) is 2.89. The topological polar surface area (TPSA) is 45.9 Å². The highest BCUT2D eigenvalue weighted by atomic mass is 19.1. The van der Waals surface area contributed by atoms with Crippen LogP contribution in [-0.2, 0) is 0 Å². The number of piperazine rings is 1. The summed E-state index contributed by atoms with van der Waals surface area (Å²) in [7, 11) is 0. The number of nitrogens with zero attached hydrogens (tertiary/aromatic N) is 2. The van der Waals surface area contributed by atoms with E-state index < -0.39 is 0 Å². The normalized spacial score (nSPS) is 15.3. The van der Waals surface area contributed by atoms with Gasteiger partial charge in [-0.2, -0.15) is 0 Å². The predicted octanol–water partition coefficient (Wildman–Crippen LogP) is 3.04. The van der Waals surface area contributed by atoms with Crippen molar-refractivity contribution in [2.24, 2.45) is 0 Å². The zero-order chi connectivity index (χ0) is 17.5. The van der Waals surface area contributed by atoms with Gasteiger partial charge in [0, 0.05) is 26.2 Å². The summed E-state index contributed by atoms with van der Waals surface area (Å²) >= 11 is 0. The summed E-state index contributed by atoms with van der Waals surface area (Å²) in [6.07, 6.45) is 3.51. The Kier molecular flexibility index (Phi) is 6.06. The Hall–Kier alpha value is -2.34. The van der Waals surface area contributed by atoms with Gasteiger partial charge in [-0.1, -0.05) is 0 Å².